The van der Waals surface area contributed by atoms with Crippen LogP contribution in [0.2, 0.25) is 0 Å². The Morgan fingerprint density at radius 1 is 1.26 bits per heavy atom. The van der Waals surface area contributed by atoms with Gasteiger partial charge in [0.1, 0.15) is 5.76 Å². The molecule has 2 N–H and O–H groups in total. The Kier molecular flexibility index (Phi) is 5.20. The van der Waals surface area contributed by atoms with Crippen molar-refractivity contribution in [2.45, 2.75) is 6.42 Å². The standard InChI is InChI=1S/C13H15NO4.ClH/c1-16-11-4-3-9-10(15)7-8(5-6-14)18-12(9)13(11)17-2;/h3-4,7H,5-6,14H2,1-2H3;1H. The van der Waals surface area contributed by atoms with Crippen molar-refractivity contribution in [3.8, 4) is 11.5 Å². The van der Waals surface area contributed by atoms with Crippen molar-refractivity contribution in [1.82, 2.24) is 0 Å². The first-order valence-corrected chi connectivity index (χ1v) is 5.59. The molecule has 0 saturated heterocycles. The summed E-state index contributed by atoms with van der Waals surface area (Å²) in [5.41, 5.74) is 5.75. The van der Waals surface area contributed by atoms with E-state index >= 15 is 0 Å². The summed E-state index contributed by atoms with van der Waals surface area (Å²) < 4.78 is 16.1. The van der Waals surface area contributed by atoms with Gasteiger partial charge in [-0.3, -0.25) is 4.79 Å². The lowest BCUT2D eigenvalue weighted by Gasteiger charge is -2.10. The van der Waals surface area contributed by atoms with Crippen molar-refractivity contribution in [2.24, 2.45) is 5.73 Å². The molecule has 2 aromatic rings. The molecule has 0 amide bonds. The van der Waals surface area contributed by atoms with Crippen molar-refractivity contribution in [3.05, 3.63) is 34.2 Å². The summed E-state index contributed by atoms with van der Waals surface area (Å²) >= 11 is 0. The van der Waals surface area contributed by atoms with Crippen LogP contribution in [0.3, 0.4) is 0 Å². The Labute approximate surface area is 116 Å². The van der Waals surface area contributed by atoms with Gasteiger partial charge in [0.2, 0.25) is 5.75 Å². The normalized spacial score (nSPS) is 10.1. The van der Waals surface area contributed by atoms with E-state index in [1.807, 2.05) is 0 Å². The first-order valence-electron chi connectivity index (χ1n) is 5.59. The fraction of sp³-hybridized carbons (Fsp3) is 0.308. The smallest absolute Gasteiger partial charge is 0.204 e. The maximum atomic E-state index is 11.9. The zero-order chi connectivity index (χ0) is 13.1. The van der Waals surface area contributed by atoms with E-state index in [2.05, 4.69) is 0 Å². The lowest BCUT2D eigenvalue weighted by atomic mass is 10.2. The number of rotatable bonds is 4. The van der Waals surface area contributed by atoms with Crippen LogP contribution >= 0.6 is 12.4 Å². The number of fused-ring (bicyclic) bond motifs is 1. The number of hydrogen-bond donors (Lipinski definition) is 1. The molecular formula is C13H16ClNO4. The zero-order valence-corrected chi connectivity index (χ0v) is 11.6. The molecule has 0 atom stereocenters. The molecule has 1 aromatic heterocycles. The average Bonchev–Trinajstić information content (AvgIpc) is 2.37. The third-order valence-electron chi connectivity index (χ3n) is 2.68. The van der Waals surface area contributed by atoms with Gasteiger partial charge >= 0.3 is 0 Å². The number of methoxy groups -OCH3 is 2. The molecule has 0 fully saturated rings. The van der Waals surface area contributed by atoms with Gasteiger partial charge in [0.15, 0.2) is 16.8 Å². The van der Waals surface area contributed by atoms with Crippen molar-refractivity contribution < 1.29 is 13.9 Å². The van der Waals surface area contributed by atoms with Gasteiger partial charge in [-0.2, -0.15) is 0 Å². The summed E-state index contributed by atoms with van der Waals surface area (Å²) in [5, 5.41) is 0.466. The van der Waals surface area contributed by atoms with Crippen LogP contribution in [0.25, 0.3) is 11.0 Å². The van der Waals surface area contributed by atoms with Crippen molar-refractivity contribution in [3.63, 3.8) is 0 Å². The molecule has 0 unspecified atom stereocenters. The van der Waals surface area contributed by atoms with Crippen LogP contribution in [0.4, 0.5) is 0 Å². The predicted octanol–water partition coefficient (Wildman–Crippen LogP) is 1.73. The Bertz CT molecular complexity index is 624. The highest BCUT2D eigenvalue weighted by Gasteiger charge is 2.14. The van der Waals surface area contributed by atoms with E-state index in [4.69, 9.17) is 19.6 Å². The molecule has 0 spiro atoms. The number of ether oxygens (including phenoxy) is 2. The van der Waals surface area contributed by atoms with E-state index in [0.29, 0.717) is 41.2 Å². The maximum Gasteiger partial charge on any atom is 0.204 e. The fourth-order valence-corrected chi connectivity index (χ4v) is 1.84. The second-order valence-corrected chi connectivity index (χ2v) is 3.79. The lowest BCUT2D eigenvalue weighted by molar-refractivity contribution is 0.351. The van der Waals surface area contributed by atoms with Crippen molar-refractivity contribution in [1.29, 1.82) is 0 Å². The summed E-state index contributed by atoms with van der Waals surface area (Å²) in [5.74, 6) is 1.49. The molecule has 0 aliphatic rings. The van der Waals surface area contributed by atoms with Crippen molar-refractivity contribution in [2.75, 3.05) is 20.8 Å². The molecule has 19 heavy (non-hydrogen) atoms. The topological polar surface area (TPSA) is 74.7 Å². The van der Waals surface area contributed by atoms with Gasteiger partial charge in [0, 0.05) is 12.5 Å². The second kappa shape index (κ2) is 6.45. The molecule has 0 radical (unpaired) electrons. The summed E-state index contributed by atoms with van der Waals surface area (Å²) in [6.45, 7) is 0.417. The quantitative estimate of drug-likeness (QED) is 0.926. The highest BCUT2D eigenvalue weighted by atomic mass is 35.5. The molecule has 0 saturated carbocycles. The largest absolute Gasteiger partial charge is 0.493 e. The minimum absolute atomic E-state index is 0. The Morgan fingerprint density at radius 3 is 2.58 bits per heavy atom. The highest BCUT2D eigenvalue weighted by Crippen LogP contribution is 2.34. The second-order valence-electron chi connectivity index (χ2n) is 3.79. The Hall–Kier alpha value is -1.72. The van der Waals surface area contributed by atoms with Gasteiger partial charge in [-0.1, -0.05) is 0 Å². The summed E-state index contributed by atoms with van der Waals surface area (Å²) in [4.78, 5) is 11.9. The molecule has 6 heteroatoms. The molecule has 1 heterocycles. The van der Waals surface area contributed by atoms with Crippen LogP contribution < -0.4 is 20.6 Å². The van der Waals surface area contributed by atoms with Crippen molar-refractivity contribution >= 4 is 23.4 Å². The van der Waals surface area contributed by atoms with E-state index in [0.717, 1.165) is 0 Å². The Morgan fingerprint density at radius 2 is 2.00 bits per heavy atom. The molecular weight excluding hydrogens is 270 g/mol. The molecule has 2 rings (SSSR count). The average molecular weight is 286 g/mol. The SMILES string of the molecule is COc1ccc2c(=O)cc(CCN)oc2c1OC.Cl. The summed E-state index contributed by atoms with van der Waals surface area (Å²) in [6, 6.07) is 4.80. The van der Waals surface area contributed by atoms with Crippen LogP contribution in [-0.2, 0) is 6.42 Å². The van der Waals surface area contributed by atoms with E-state index in [1.54, 1.807) is 12.1 Å². The van der Waals surface area contributed by atoms with E-state index in [1.165, 1.54) is 20.3 Å². The van der Waals surface area contributed by atoms with E-state index in [9.17, 15) is 4.79 Å². The maximum absolute atomic E-state index is 11.9. The minimum atomic E-state index is -0.111. The number of nitrogens with two attached hydrogens (primary N) is 1. The van der Waals surface area contributed by atoms with Gasteiger partial charge in [-0.05, 0) is 18.7 Å². The molecule has 0 aliphatic carbocycles. The highest BCUT2D eigenvalue weighted by molar-refractivity contribution is 5.85. The molecule has 1 aromatic carbocycles. The van der Waals surface area contributed by atoms with Crippen LogP contribution in [0.5, 0.6) is 11.5 Å². The summed E-state index contributed by atoms with van der Waals surface area (Å²) in [6.07, 6.45) is 0.506. The summed E-state index contributed by atoms with van der Waals surface area (Å²) in [7, 11) is 3.04. The Balaban J connectivity index is 0.00000180. The number of halogens is 1. The van der Waals surface area contributed by atoms with Gasteiger partial charge in [0.25, 0.3) is 0 Å². The van der Waals surface area contributed by atoms with Crippen LogP contribution in [-0.4, -0.2) is 20.8 Å². The lowest BCUT2D eigenvalue weighted by Crippen LogP contribution is -2.08. The van der Waals surface area contributed by atoms with Crippen LogP contribution in [0.1, 0.15) is 5.76 Å². The third-order valence-corrected chi connectivity index (χ3v) is 2.68. The van der Waals surface area contributed by atoms with Gasteiger partial charge in [-0.15, -0.1) is 12.4 Å². The number of benzene rings is 1. The minimum Gasteiger partial charge on any atom is -0.493 e. The molecule has 104 valence electrons. The van der Waals surface area contributed by atoms with E-state index < -0.39 is 0 Å². The molecule has 5 nitrogen and oxygen atoms in total. The fourth-order valence-electron chi connectivity index (χ4n) is 1.84. The van der Waals surface area contributed by atoms with E-state index in [-0.39, 0.29) is 17.8 Å². The first kappa shape index (κ1) is 15.3. The van der Waals surface area contributed by atoms with Crippen LogP contribution in [0.15, 0.2) is 27.4 Å². The third kappa shape index (κ3) is 2.83. The predicted molar refractivity (Wildman–Crippen MR) is 75.6 cm³/mol. The van der Waals surface area contributed by atoms with Gasteiger partial charge in [-0.25, -0.2) is 0 Å². The van der Waals surface area contributed by atoms with Crippen LogP contribution in [0, 0.1) is 0 Å². The molecule has 0 aliphatic heterocycles. The number of hydrogen-bond acceptors (Lipinski definition) is 5. The van der Waals surface area contributed by atoms with Gasteiger partial charge in [0.05, 0.1) is 19.6 Å². The first-order chi connectivity index (χ1) is 8.71. The van der Waals surface area contributed by atoms with Gasteiger partial charge < -0.3 is 19.6 Å². The zero-order valence-electron chi connectivity index (χ0n) is 10.8. The molecule has 0 bridgehead atoms. The monoisotopic (exact) mass is 285 g/mol.